The number of aromatic nitrogens is 1. The summed E-state index contributed by atoms with van der Waals surface area (Å²) >= 11 is 1.31. The van der Waals surface area contributed by atoms with Gasteiger partial charge in [0, 0.05) is 24.4 Å². The molecule has 0 saturated heterocycles. The molecule has 2 aromatic carbocycles. The predicted octanol–water partition coefficient (Wildman–Crippen LogP) is 3.77. The Bertz CT molecular complexity index is 954. The van der Waals surface area contributed by atoms with Gasteiger partial charge in [0.15, 0.2) is 5.13 Å². The Hall–Kier alpha value is -3.06. The summed E-state index contributed by atoms with van der Waals surface area (Å²) in [6.07, 6.45) is -0.0422. The number of amides is 2. The molecule has 0 fully saturated rings. The van der Waals surface area contributed by atoms with Crippen LogP contribution in [0.2, 0.25) is 0 Å². The summed E-state index contributed by atoms with van der Waals surface area (Å²) in [5.74, 6) is -0.784. The topological polar surface area (TPSA) is 71.1 Å². The van der Waals surface area contributed by atoms with Crippen molar-refractivity contribution in [2.45, 2.75) is 19.9 Å². The standard InChI is InChI=1S/C20H18FN3O2S/c1-13(25)22-11-14-6-8-15(9-7-14)18-12-27-20(23-18)24-19(26)10-16-4-2-3-5-17(16)21/h2-9,12H,10-11H2,1H3,(H,22,25)(H,23,24,26). The van der Waals surface area contributed by atoms with Crippen LogP contribution in [0.1, 0.15) is 18.1 Å². The summed E-state index contributed by atoms with van der Waals surface area (Å²) in [5.41, 5.74) is 2.99. The number of thiazole rings is 1. The van der Waals surface area contributed by atoms with E-state index in [9.17, 15) is 14.0 Å². The lowest BCUT2D eigenvalue weighted by Crippen LogP contribution is -2.18. The highest BCUT2D eigenvalue weighted by Gasteiger charge is 2.11. The molecule has 3 aromatic rings. The number of carbonyl (C=O) groups is 2. The lowest BCUT2D eigenvalue weighted by Gasteiger charge is -2.04. The highest BCUT2D eigenvalue weighted by molar-refractivity contribution is 7.14. The largest absolute Gasteiger partial charge is 0.352 e. The first-order chi connectivity index (χ1) is 13.0. The maximum Gasteiger partial charge on any atom is 0.230 e. The Balaban J connectivity index is 1.62. The zero-order valence-corrected chi connectivity index (χ0v) is 15.5. The van der Waals surface area contributed by atoms with E-state index in [1.807, 2.05) is 29.6 Å². The number of nitrogens with zero attached hydrogens (tertiary/aromatic N) is 1. The average Bonchev–Trinajstić information content (AvgIpc) is 3.10. The molecule has 0 bridgehead atoms. The van der Waals surface area contributed by atoms with Gasteiger partial charge in [-0.15, -0.1) is 11.3 Å². The van der Waals surface area contributed by atoms with Crippen LogP contribution in [0, 0.1) is 5.82 Å². The van der Waals surface area contributed by atoms with Crippen molar-refractivity contribution in [3.63, 3.8) is 0 Å². The van der Waals surface area contributed by atoms with E-state index in [2.05, 4.69) is 15.6 Å². The van der Waals surface area contributed by atoms with E-state index in [4.69, 9.17) is 0 Å². The molecule has 2 N–H and O–H groups in total. The fourth-order valence-electron chi connectivity index (χ4n) is 2.46. The molecule has 7 heteroatoms. The van der Waals surface area contributed by atoms with Crippen molar-refractivity contribution < 1.29 is 14.0 Å². The minimum Gasteiger partial charge on any atom is -0.352 e. The summed E-state index contributed by atoms with van der Waals surface area (Å²) in [4.78, 5) is 27.5. The summed E-state index contributed by atoms with van der Waals surface area (Å²) in [6.45, 7) is 1.95. The normalized spacial score (nSPS) is 10.4. The van der Waals surface area contributed by atoms with Crippen LogP contribution in [0.4, 0.5) is 9.52 Å². The quantitative estimate of drug-likeness (QED) is 0.681. The van der Waals surface area contributed by atoms with Gasteiger partial charge in [-0.1, -0.05) is 42.5 Å². The Morgan fingerprint density at radius 1 is 1.11 bits per heavy atom. The fourth-order valence-corrected chi connectivity index (χ4v) is 3.20. The highest BCUT2D eigenvalue weighted by Crippen LogP contribution is 2.25. The van der Waals surface area contributed by atoms with Crippen LogP contribution in [-0.4, -0.2) is 16.8 Å². The molecular weight excluding hydrogens is 365 g/mol. The lowest BCUT2D eigenvalue weighted by molar-refractivity contribution is -0.119. The van der Waals surface area contributed by atoms with E-state index >= 15 is 0 Å². The van der Waals surface area contributed by atoms with Gasteiger partial charge >= 0.3 is 0 Å². The number of anilines is 1. The average molecular weight is 383 g/mol. The monoisotopic (exact) mass is 383 g/mol. The van der Waals surface area contributed by atoms with Gasteiger partial charge in [-0.05, 0) is 17.2 Å². The first-order valence-corrected chi connectivity index (χ1v) is 9.22. The van der Waals surface area contributed by atoms with Crippen molar-refractivity contribution in [1.29, 1.82) is 0 Å². The van der Waals surface area contributed by atoms with Gasteiger partial charge in [0.1, 0.15) is 5.82 Å². The second-order valence-corrected chi connectivity index (χ2v) is 6.82. The zero-order valence-electron chi connectivity index (χ0n) is 14.7. The lowest BCUT2D eigenvalue weighted by atomic mass is 10.1. The Morgan fingerprint density at radius 2 is 1.85 bits per heavy atom. The van der Waals surface area contributed by atoms with E-state index < -0.39 is 5.82 Å². The maximum atomic E-state index is 13.6. The van der Waals surface area contributed by atoms with Crippen LogP contribution in [0.15, 0.2) is 53.9 Å². The second kappa shape index (κ2) is 8.55. The molecule has 5 nitrogen and oxygen atoms in total. The first-order valence-electron chi connectivity index (χ1n) is 8.34. The summed E-state index contributed by atoms with van der Waals surface area (Å²) in [5, 5.41) is 7.77. The van der Waals surface area contributed by atoms with Gasteiger partial charge in [0.25, 0.3) is 0 Å². The molecule has 2 amide bonds. The third-order valence-corrected chi connectivity index (χ3v) is 4.61. The third kappa shape index (κ3) is 5.21. The first kappa shape index (κ1) is 18.7. The van der Waals surface area contributed by atoms with E-state index in [-0.39, 0.29) is 18.2 Å². The molecule has 0 aliphatic carbocycles. The van der Waals surface area contributed by atoms with Crippen molar-refractivity contribution in [2.24, 2.45) is 0 Å². The molecule has 0 aliphatic rings. The summed E-state index contributed by atoms with van der Waals surface area (Å²) < 4.78 is 13.6. The SMILES string of the molecule is CC(=O)NCc1ccc(-c2csc(NC(=O)Cc3ccccc3F)n2)cc1. The van der Waals surface area contributed by atoms with Crippen LogP contribution in [0.3, 0.4) is 0 Å². The highest BCUT2D eigenvalue weighted by atomic mass is 32.1. The van der Waals surface area contributed by atoms with Crippen molar-refractivity contribution >= 4 is 28.3 Å². The van der Waals surface area contributed by atoms with Crippen molar-refractivity contribution in [1.82, 2.24) is 10.3 Å². The van der Waals surface area contributed by atoms with Crippen LogP contribution in [0.5, 0.6) is 0 Å². The van der Waals surface area contributed by atoms with Gasteiger partial charge in [-0.25, -0.2) is 9.37 Å². The molecular formula is C20H18FN3O2S. The number of hydrogen-bond acceptors (Lipinski definition) is 4. The molecule has 0 unspecified atom stereocenters. The molecule has 0 aliphatic heterocycles. The van der Waals surface area contributed by atoms with Gasteiger partial charge in [0.05, 0.1) is 12.1 Å². The van der Waals surface area contributed by atoms with Crippen LogP contribution in [0.25, 0.3) is 11.3 Å². The Labute approximate surface area is 160 Å². The van der Waals surface area contributed by atoms with Gasteiger partial charge in [-0.3, -0.25) is 9.59 Å². The molecule has 0 saturated carbocycles. The van der Waals surface area contributed by atoms with Crippen LogP contribution in [-0.2, 0) is 22.6 Å². The number of benzene rings is 2. The molecule has 0 atom stereocenters. The Kier molecular flexibility index (Phi) is 5.93. The Morgan fingerprint density at radius 3 is 2.56 bits per heavy atom. The maximum absolute atomic E-state index is 13.6. The third-order valence-electron chi connectivity index (χ3n) is 3.85. The number of hydrogen-bond donors (Lipinski definition) is 2. The number of carbonyl (C=O) groups excluding carboxylic acids is 2. The second-order valence-electron chi connectivity index (χ2n) is 5.96. The molecule has 3 rings (SSSR count). The number of rotatable bonds is 6. The fraction of sp³-hybridized carbons (Fsp3) is 0.150. The van der Waals surface area contributed by atoms with E-state index in [0.29, 0.717) is 17.2 Å². The molecule has 1 aromatic heterocycles. The molecule has 27 heavy (non-hydrogen) atoms. The molecule has 0 spiro atoms. The molecule has 0 radical (unpaired) electrons. The summed E-state index contributed by atoms with van der Waals surface area (Å²) in [7, 11) is 0. The van der Waals surface area contributed by atoms with Gasteiger partial charge in [0.2, 0.25) is 11.8 Å². The van der Waals surface area contributed by atoms with Crippen LogP contribution >= 0.6 is 11.3 Å². The van der Waals surface area contributed by atoms with Crippen LogP contribution < -0.4 is 10.6 Å². The van der Waals surface area contributed by atoms with Gasteiger partial charge < -0.3 is 10.6 Å². The van der Waals surface area contributed by atoms with E-state index in [0.717, 1.165) is 16.8 Å². The minimum atomic E-state index is -0.396. The zero-order chi connectivity index (χ0) is 19.2. The predicted molar refractivity (Wildman–Crippen MR) is 104 cm³/mol. The molecule has 138 valence electrons. The smallest absolute Gasteiger partial charge is 0.230 e. The number of halogens is 1. The minimum absolute atomic E-state index is 0.0422. The van der Waals surface area contributed by atoms with Gasteiger partial charge in [-0.2, -0.15) is 0 Å². The van der Waals surface area contributed by atoms with Crippen molar-refractivity contribution in [2.75, 3.05) is 5.32 Å². The number of nitrogens with one attached hydrogen (secondary N) is 2. The van der Waals surface area contributed by atoms with Crippen molar-refractivity contribution in [3.05, 3.63) is 70.9 Å². The summed E-state index contributed by atoms with van der Waals surface area (Å²) in [6, 6.07) is 13.9. The van der Waals surface area contributed by atoms with Crippen molar-refractivity contribution in [3.8, 4) is 11.3 Å². The molecule has 1 heterocycles. The van der Waals surface area contributed by atoms with E-state index in [1.165, 1.54) is 24.3 Å². The van der Waals surface area contributed by atoms with E-state index in [1.54, 1.807) is 18.2 Å².